The fraction of sp³-hybridized carbons (Fsp3) is 0.481. The third-order valence-electron chi connectivity index (χ3n) is 9.00. The van der Waals surface area contributed by atoms with Crippen molar-refractivity contribution in [2.45, 2.75) is 52.4 Å². The average Bonchev–Trinajstić information content (AvgIpc) is 3.02. The molecule has 0 aromatic heterocycles. The predicted octanol–water partition coefficient (Wildman–Crippen LogP) is 5.47. The molecule has 3 bridgehead atoms. The van der Waals surface area contributed by atoms with Gasteiger partial charge in [-0.1, -0.05) is 24.3 Å². The molecule has 4 saturated carbocycles. The van der Waals surface area contributed by atoms with E-state index in [0.29, 0.717) is 18.3 Å². The van der Waals surface area contributed by atoms with Crippen molar-refractivity contribution in [1.82, 2.24) is 0 Å². The van der Waals surface area contributed by atoms with E-state index in [-0.39, 0.29) is 17.2 Å². The van der Waals surface area contributed by atoms with Gasteiger partial charge in [0.1, 0.15) is 0 Å². The zero-order valence-corrected chi connectivity index (χ0v) is 18.3. The molecule has 0 heterocycles. The summed E-state index contributed by atoms with van der Waals surface area (Å²) in [6.07, 6.45) is 5.70. The van der Waals surface area contributed by atoms with E-state index >= 15 is 0 Å². The van der Waals surface area contributed by atoms with Gasteiger partial charge in [0.2, 0.25) is 11.8 Å². The minimum Gasteiger partial charge on any atom is -0.326 e. The normalized spacial score (nSPS) is 36.6. The monoisotopic (exact) mass is 414 g/mol. The molecule has 6 rings (SSSR count). The van der Waals surface area contributed by atoms with Gasteiger partial charge in [-0.15, -0.1) is 0 Å². The molecule has 4 aliphatic rings. The lowest BCUT2D eigenvalue weighted by Crippen LogP contribution is -2.47. The Morgan fingerprint density at radius 2 is 1.26 bits per heavy atom. The van der Waals surface area contributed by atoms with Crippen molar-refractivity contribution in [2.75, 3.05) is 10.6 Å². The number of rotatable bonds is 4. The van der Waals surface area contributed by atoms with Gasteiger partial charge in [-0.2, -0.15) is 0 Å². The van der Waals surface area contributed by atoms with E-state index in [2.05, 4.69) is 10.6 Å². The van der Waals surface area contributed by atoms with Gasteiger partial charge in [-0.05, 0) is 105 Å². The summed E-state index contributed by atoms with van der Waals surface area (Å²) < 4.78 is 0. The fourth-order valence-corrected chi connectivity index (χ4v) is 7.94. The molecule has 4 nitrogen and oxygen atoms in total. The van der Waals surface area contributed by atoms with Crippen LogP contribution in [0.25, 0.3) is 0 Å². The van der Waals surface area contributed by atoms with Crippen molar-refractivity contribution in [1.29, 1.82) is 0 Å². The van der Waals surface area contributed by atoms with Crippen LogP contribution >= 0.6 is 0 Å². The van der Waals surface area contributed by atoms with Crippen LogP contribution in [0.15, 0.2) is 48.5 Å². The number of hydrogen-bond donors (Lipinski definition) is 2. The summed E-state index contributed by atoms with van der Waals surface area (Å²) in [6, 6.07) is 16.0. The van der Waals surface area contributed by atoms with Crippen molar-refractivity contribution >= 4 is 23.2 Å². The largest absolute Gasteiger partial charge is 0.326 e. The molecule has 1 spiro atoms. The Kier molecular flexibility index (Phi) is 3.83. The Hall–Kier alpha value is -2.62. The molecule has 4 unspecified atom stereocenters. The zero-order chi connectivity index (χ0) is 21.4. The van der Waals surface area contributed by atoms with Crippen LogP contribution in [0.4, 0.5) is 11.4 Å². The second-order valence-electron chi connectivity index (χ2n) is 11.0. The van der Waals surface area contributed by atoms with Gasteiger partial charge in [0.15, 0.2) is 0 Å². The summed E-state index contributed by atoms with van der Waals surface area (Å²) >= 11 is 0. The van der Waals surface area contributed by atoms with Crippen LogP contribution in [0.5, 0.6) is 0 Å². The van der Waals surface area contributed by atoms with E-state index in [1.165, 1.54) is 6.42 Å². The minimum atomic E-state index is -0.415. The minimum absolute atomic E-state index is 0.125. The summed E-state index contributed by atoms with van der Waals surface area (Å²) in [5, 5.41) is 6.44. The molecule has 4 fully saturated rings. The molecule has 2 N–H and O–H groups in total. The van der Waals surface area contributed by atoms with Crippen molar-refractivity contribution < 1.29 is 9.59 Å². The summed E-state index contributed by atoms with van der Waals surface area (Å²) in [6.45, 7) is 4.08. The maximum Gasteiger partial charge on any atom is 0.230 e. The van der Waals surface area contributed by atoms with Gasteiger partial charge in [-0.3, -0.25) is 9.59 Å². The van der Waals surface area contributed by atoms with Crippen LogP contribution < -0.4 is 10.6 Å². The lowest BCUT2D eigenvalue weighted by atomic mass is 9.55. The number of carbonyl (C=O) groups excluding carboxylic acids is 2. The fourth-order valence-electron chi connectivity index (χ4n) is 7.94. The van der Waals surface area contributed by atoms with E-state index in [0.717, 1.165) is 48.2 Å². The third-order valence-corrected chi connectivity index (χ3v) is 9.00. The number of amides is 2. The highest BCUT2D eigenvalue weighted by Crippen LogP contribution is 2.82. The molecular formula is C27H30N2O2. The number of benzene rings is 2. The quantitative estimate of drug-likeness (QED) is 0.697. The van der Waals surface area contributed by atoms with Gasteiger partial charge in [-0.25, -0.2) is 0 Å². The molecule has 0 saturated heterocycles. The van der Waals surface area contributed by atoms with E-state index in [9.17, 15) is 9.59 Å². The smallest absolute Gasteiger partial charge is 0.230 e. The summed E-state index contributed by atoms with van der Waals surface area (Å²) in [5.41, 5.74) is 3.39. The second kappa shape index (κ2) is 6.21. The Balaban J connectivity index is 1.31. The maximum absolute atomic E-state index is 13.7. The summed E-state index contributed by atoms with van der Waals surface area (Å²) in [5.74, 6) is 1.47. The van der Waals surface area contributed by atoms with Crippen LogP contribution in [-0.2, 0) is 9.59 Å². The standard InChI is InChI=1S/C27H30N2O2/c1-17-5-3-7-21(9-17)28-23(30)25-12-19-11-20-13-26(14-25,16-27(19,20)15-25)24(31)29-22-8-4-6-18(2)10-22/h3-10,19-20H,11-16H2,1-2H3,(H,28,30)(H,29,31). The van der Waals surface area contributed by atoms with Crippen LogP contribution in [0.3, 0.4) is 0 Å². The highest BCUT2D eigenvalue weighted by Gasteiger charge is 2.77. The van der Waals surface area contributed by atoms with Crippen LogP contribution in [-0.4, -0.2) is 11.8 Å². The molecule has 2 amide bonds. The Morgan fingerprint density at radius 3 is 1.71 bits per heavy atom. The average molecular weight is 415 g/mol. The molecule has 160 valence electrons. The molecule has 4 atom stereocenters. The zero-order valence-electron chi connectivity index (χ0n) is 18.3. The molecule has 4 heteroatoms. The summed E-state index contributed by atoms with van der Waals surface area (Å²) in [4.78, 5) is 27.3. The molecule has 0 aliphatic heterocycles. The lowest BCUT2D eigenvalue weighted by molar-refractivity contribution is -0.135. The summed E-state index contributed by atoms with van der Waals surface area (Å²) in [7, 11) is 0. The highest BCUT2D eigenvalue weighted by molar-refractivity contribution is 6.00. The van der Waals surface area contributed by atoms with E-state index in [4.69, 9.17) is 0 Å². The number of nitrogens with one attached hydrogen (secondary N) is 2. The van der Waals surface area contributed by atoms with Crippen LogP contribution in [0.2, 0.25) is 0 Å². The number of aryl methyl sites for hydroxylation is 2. The van der Waals surface area contributed by atoms with Crippen molar-refractivity contribution in [3.8, 4) is 0 Å². The molecule has 31 heavy (non-hydrogen) atoms. The lowest BCUT2D eigenvalue weighted by Gasteiger charge is -2.49. The Labute approximate surface area is 183 Å². The molecule has 4 aliphatic carbocycles. The topological polar surface area (TPSA) is 58.2 Å². The third kappa shape index (κ3) is 2.66. The van der Waals surface area contributed by atoms with E-state index in [1.807, 2.05) is 62.4 Å². The first kappa shape index (κ1) is 19.1. The maximum atomic E-state index is 13.7. The van der Waals surface area contributed by atoms with Gasteiger partial charge in [0, 0.05) is 11.4 Å². The molecule has 2 aromatic carbocycles. The molecule has 2 aromatic rings. The van der Waals surface area contributed by atoms with Crippen molar-refractivity contribution in [3.63, 3.8) is 0 Å². The van der Waals surface area contributed by atoms with Crippen molar-refractivity contribution in [2.24, 2.45) is 28.1 Å². The first-order chi connectivity index (χ1) is 14.8. The predicted molar refractivity (Wildman–Crippen MR) is 122 cm³/mol. The first-order valence-electron chi connectivity index (χ1n) is 11.6. The first-order valence-corrected chi connectivity index (χ1v) is 11.6. The van der Waals surface area contributed by atoms with Gasteiger partial charge in [0.25, 0.3) is 0 Å². The molecule has 0 radical (unpaired) electrons. The number of fused-ring (bicyclic) bond motifs is 2. The van der Waals surface area contributed by atoms with Gasteiger partial charge >= 0.3 is 0 Å². The van der Waals surface area contributed by atoms with Crippen LogP contribution in [0, 0.1) is 41.9 Å². The van der Waals surface area contributed by atoms with Crippen LogP contribution in [0.1, 0.15) is 49.7 Å². The van der Waals surface area contributed by atoms with Crippen molar-refractivity contribution in [3.05, 3.63) is 59.7 Å². The van der Waals surface area contributed by atoms with Gasteiger partial charge in [0.05, 0.1) is 10.8 Å². The van der Waals surface area contributed by atoms with E-state index < -0.39 is 10.8 Å². The van der Waals surface area contributed by atoms with Gasteiger partial charge < -0.3 is 10.6 Å². The number of carbonyl (C=O) groups is 2. The highest BCUT2D eigenvalue weighted by atomic mass is 16.2. The second-order valence-corrected chi connectivity index (χ2v) is 11.0. The SMILES string of the molecule is Cc1cccc(NC(=O)C23CC4CC5CC(C(=O)Nc6cccc(C)c6)(C2)CC45C3)c1. The Morgan fingerprint density at radius 1 is 0.774 bits per heavy atom. The van der Waals surface area contributed by atoms with E-state index in [1.54, 1.807) is 0 Å². The Bertz CT molecular complexity index is 1020. The number of hydrogen-bond acceptors (Lipinski definition) is 2. The number of anilines is 2. The molecular weight excluding hydrogens is 384 g/mol.